The first kappa shape index (κ1) is 8.87. The van der Waals surface area contributed by atoms with Crippen molar-refractivity contribution in [2.45, 2.75) is 13.0 Å². The van der Waals surface area contributed by atoms with Gasteiger partial charge in [0.25, 0.3) is 0 Å². The van der Waals surface area contributed by atoms with Crippen molar-refractivity contribution in [3.63, 3.8) is 0 Å². The third-order valence-corrected chi connectivity index (χ3v) is 1.28. The second kappa shape index (κ2) is 4.62. The van der Waals surface area contributed by atoms with Crippen molar-refractivity contribution in [2.24, 2.45) is 10.2 Å². The SMILES string of the molecule is CC([O-])CN=Nc1ccccc1. The van der Waals surface area contributed by atoms with E-state index in [9.17, 15) is 5.11 Å². The van der Waals surface area contributed by atoms with Crippen LogP contribution in [0.15, 0.2) is 40.6 Å². The lowest BCUT2D eigenvalue weighted by molar-refractivity contribution is -0.410. The maximum atomic E-state index is 10.6. The lowest BCUT2D eigenvalue weighted by Gasteiger charge is -2.09. The molecule has 0 amide bonds. The number of hydrogen-bond donors (Lipinski definition) is 0. The molecule has 0 bridgehead atoms. The fraction of sp³-hybridized carbons (Fsp3) is 0.333. The van der Waals surface area contributed by atoms with Gasteiger partial charge < -0.3 is 5.11 Å². The summed E-state index contributed by atoms with van der Waals surface area (Å²) in [6.07, 6.45) is -0.669. The van der Waals surface area contributed by atoms with E-state index in [0.29, 0.717) is 0 Å². The Morgan fingerprint density at radius 3 is 2.58 bits per heavy atom. The molecule has 3 nitrogen and oxygen atoms in total. The van der Waals surface area contributed by atoms with Crippen LogP contribution in [0.2, 0.25) is 0 Å². The molecule has 12 heavy (non-hydrogen) atoms. The van der Waals surface area contributed by atoms with Crippen molar-refractivity contribution >= 4 is 5.69 Å². The van der Waals surface area contributed by atoms with Gasteiger partial charge in [-0.25, -0.2) is 0 Å². The molecule has 1 aromatic rings. The van der Waals surface area contributed by atoms with Gasteiger partial charge in [-0.2, -0.15) is 10.2 Å². The summed E-state index contributed by atoms with van der Waals surface area (Å²) in [5.41, 5.74) is 0.790. The molecule has 0 aliphatic rings. The molecule has 0 radical (unpaired) electrons. The van der Waals surface area contributed by atoms with Gasteiger partial charge in [-0.05, 0) is 12.1 Å². The van der Waals surface area contributed by atoms with Gasteiger partial charge in [0, 0.05) is 6.54 Å². The molecular formula is C9H11N2O-. The van der Waals surface area contributed by atoms with Gasteiger partial charge in [0.15, 0.2) is 0 Å². The van der Waals surface area contributed by atoms with Crippen LogP contribution in [0, 0.1) is 0 Å². The van der Waals surface area contributed by atoms with Crippen molar-refractivity contribution in [3.8, 4) is 0 Å². The van der Waals surface area contributed by atoms with Crippen LogP contribution < -0.4 is 5.11 Å². The predicted octanol–water partition coefficient (Wildman–Crippen LogP) is 1.52. The van der Waals surface area contributed by atoms with Crippen molar-refractivity contribution in [1.82, 2.24) is 0 Å². The molecule has 0 saturated heterocycles. The molecule has 0 saturated carbocycles. The molecule has 3 heteroatoms. The van der Waals surface area contributed by atoms with Crippen molar-refractivity contribution in [1.29, 1.82) is 0 Å². The largest absolute Gasteiger partial charge is 0.851 e. The van der Waals surface area contributed by atoms with Crippen molar-refractivity contribution < 1.29 is 5.11 Å². The molecule has 1 atom stereocenters. The Bertz CT molecular complexity index is 244. The minimum absolute atomic E-state index is 0.245. The Labute approximate surface area is 71.8 Å². The summed E-state index contributed by atoms with van der Waals surface area (Å²) in [5.74, 6) is 0. The highest BCUT2D eigenvalue weighted by atomic mass is 16.3. The second-order valence-corrected chi connectivity index (χ2v) is 2.57. The predicted molar refractivity (Wildman–Crippen MR) is 45.3 cm³/mol. The van der Waals surface area contributed by atoms with Crippen LogP contribution in [0.4, 0.5) is 5.69 Å². The lowest BCUT2D eigenvalue weighted by atomic mass is 10.3. The maximum absolute atomic E-state index is 10.6. The topological polar surface area (TPSA) is 47.8 Å². The van der Waals surface area contributed by atoms with Crippen molar-refractivity contribution in [3.05, 3.63) is 30.3 Å². The number of azo groups is 1. The average Bonchev–Trinajstić information content (AvgIpc) is 2.05. The summed E-state index contributed by atoms with van der Waals surface area (Å²) in [4.78, 5) is 0. The highest BCUT2D eigenvalue weighted by molar-refractivity contribution is 5.34. The minimum Gasteiger partial charge on any atom is -0.851 e. The Morgan fingerprint density at radius 1 is 1.33 bits per heavy atom. The Balaban J connectivity index is 2.47. The Morgan fingerprint density at radius 2 is 2.00 bits per heavy atom. The molecule has 0 spiro atoms. The average molecular weight is 163 g/mol. The van der Waals surface area contributed by atoms with Crippen LogP contribution >= 0.6 is 0 Å². The normalized spacial score (nSPS) is 13.5. The molecule has 0 aromatic heterocycles. The minimum atomic E-state index is -0.669. The number of rotatable bonds is 3. The van der Waals surface area contributed by atoms with E-state index in [-0.39, 0.29) is 6.54 Å². The first-order chi connectivity index (χ1) is 5.79. The quantitative estimate of drug-likeness (QED) is 0.623. The van der Waals surface area contributed by atoms with E-state index in [0.717, 1.165) is 5.69 Å². The van der Waals surface area contributed by atoms with Gasteiger partial charge in [-0.3, -0.25) is 0 Å². The van der Waals surface area contributed by atoms with E-state index in [4.69, 9.17) is 0 Å². The van der Waals surface area contributed by atoms with Crippen LogP contribution in [0.25, 0.3) is 0 Å². The van der Waals surface area contributed by atoms with Crippen LogP contribution in [-0.2, 0) is 0 Å². The summed E-state index contributed by atoms with van der Waals surface area (Å²) < 4.78 is 0. The summed E-state index contributed by atoms with van der Waals surface area (Å²) in [5, 5.41) is 18.2. The summed E-state index contributed by atoms with van der Waals surface area (Å²) >= 11 is 0. The summed E-state index contributed by atoms with van der Waals surface area (Å²) in [6, 6.07) is 9.37. The lowest BCUT2D eigenvalue weighted by Crippen LogP contribution is -2.23. The van der Waals surface area contributed by atoms with E-state index in [2.05, 4.69) is 10.2 Å². The standard InChI is InChI=1S/C9H11N2O/c1-8(12)7-10-11-9-5-3-2-4-6-9/h2-6,8H,7H2,1H3/q-1. The second-order valence-electron chi connectivity index (χ2n) is 2.57. The Kier molecular flexibility index (Phi) is 3.41. The molecule has 1 unspecified atom stereocenters. The third-order valence-electron chi connectivity index (χ3n) is 1.28. The summed E-state index contributed by atoms with van der Waals surface area (Å²) in [6.45, 7) is 1.82. The smallest absolute Gasteiger partial charge is 0.0852 e. The fourth-order valence-corrected chi connectivity index (χ4v) is 0.732. The molecule has 1 rings (SSSR count). The molecule has 0 aliphatic heterocycles. The van der Waals surface area contributed by atoms with E-state index in [1.165, 1.54) is 0 Å². The molecule has 0 N–H and O–H groups in total. The molecule has 64 valence electrons. The highest BCUT2D eigenvalue weighted by Gasteiger charge is 1.84. The van der Waals surface area contributed by atoms with Gasteiger partial charge in [0.05, 0.1) is 5.69 Å². The number of nitrogens with zero attached hydrogens (tertiary/aromatic N) is 2. The van der Waals surface area contributed by atoms with Crippen LogP contribution in [-0.4, -0.2) is 12.6 Å². The first-order valence-electron chi connectivity index (χ1n) is 3.87. The van der Waals surface area contributed by atoms with Crippen molar-refractivity contribution in [2.75, 3.05) is 6.54 Å². The molecule has 0 heterocycles. The molecule has 0 fully saturated rings. The number of hydrogen-bond acceptors (Lipinski definition) is 3. The fourth-order valence-electron chi connectivity index (χ4n) is 0.732. The first-order valence-corrected chi connectivity index (χ1v) is 3.87. The molecular weight excluding hydrogens is 152 g/mol. The zero-order chi connectivity index (χ0) is 8.81. The summed E-state index contributed by atoms with van der Waals surface area (Å²) in [7, 11) is 0. The highest BCUT2D eigenvalue weighted by Crippen LogP contribution is 2.09. The van der Waals surface area contributed by atoms with E-state index < -0.39 is 6.10 Å². The van der Waals surface area contributed by atoms with E-state index >= 15 is 0 Å². The zero-order valence-corrected chi connectivity index (χ0v) is 6.97. The van der Waals surface area contributed by atoms with E-state index in [1.807, 2.05) is 30.3 Å². The van der Waals surface area contributed by atoms with Gasteiger partial charge in [0.1, 0.15) is 0 Å². The maximum Gasteiger partial charge on any atom is 0.0852 e. The Hall–Kier alpha value is -1.22. The monoisotopic (exact) mass is 163 g/mol. The van der Waals surface area contributed by atoms with Crippen LogP contribution in [0.1, 0.15) is 6.92 Å². The van der Waals surface area contributed by atoms with Gasteiger partial charge in [-0.1, -0.05) is 25.1 Å². The molecule has 1 aromatic carbocycles. The van der Waals surface area contributed by atoms with Gasteiger partial charge >= 0.3 is 0 Å². The van der Waals surface area contributed by atoms with Gasteiger partial charge in [-0.15, -0.1) is 6.10 Å². The third kappa shape index (κ3) is 3.25. The number of benzene rings is 1. The zero-order valence-electron chi connectivity index (χ0n) is 6.97. The van der Waals surface area contributed by atoms with Gasteiger partial charge in [0.2, 0.25) is 0 Å². The van der Waals surface area contributed by atoms with E-state index in [1.54, 1.807) is 6.92 Å². The van der Waals surface area contributed by atoms with Crippen LogP contribution in [0.5, 0.6) is 0 Å². The molecule has 0 aliphatic carbocycles. The van der Waals surface area contributed by atoms with Crippen LogP contribution in [0.3, 0.4) is 0 Å².